The van der Waals surface area contributed by atoms with Crippen LogP contribution in [0.5, 0.6) is 5.75 Å². The summed E-state index contributed by atoms with van der Waals surface area (Å²) in [6, 6.07) is 9.08. The first-order chi connectivity index (χ1) is 13.5. The number of pyridine rings is 1. The lowest BCUT2D eigenvalue weighted by molar-refractivity contribution is 0.0623. The van der Waals surface area contributed by atoms with E-state index in [2.05, 4.69) is 14.9 Å². The number of imidazole rings is 1. The van der Waals surface area contributed by atoms with E-state index in [-0.39, 0.29) is 17.0 Å². The lowest BCUT2D eigenvalue weighted by atomic mass is 10.2. The molecule has 4 rings (SSSR count). The summed E-state index contributed by atoms with van der Waals surface area (Å²) < 4.78 is 6.68. The number of H-pyrrole nitrogens is 1. The highest BCUT2D eigenvalue weighted by molar-refractivity contribution is 5.93. The van der Waals surface area contributed by atoms with Gasteiger partial charge in [0.2, 0.25) is 0 Å². The summed E-state index contributed by atoms with van der Waals surface area (Å²) in [5, 5.41) is 0. The third-order valence-corrected chi connectivity index (χ3v) is 5.12. The van der Waals surface area contributed by atoms with Crippen molar-refractivity contribution in [1.82, 2.24) is 24.3 Å². The second-order valence-corrected chi connectivity index (χ2v) is 6.97. The van der Waals surface area contributed by atoms with Gasteiger partial charge in [0.15, 0.2) is 0 Å². The van der Waals surface area contributed by atoms with E-state index < -0.39 is 0 Å². The standard InChI is InChI=1S/C20H23N5O3/c1-23-7-3-4-15(19(23)26)20(27)25-10-8-24(9-11-25)13-18-21-16-6-5-14(28-2)12-17(16)22-18/h3-7,12H,8-11,13H2,1-2H3,(H,21,22). The molecule has 0 saturated carbocycles. The largest absolute Gasteiger partial charge is 0.497 e. The number of aromatic amines is 1. The molecule has 1 amide bonds. The van der Waals surface area contributed by atoms with Gasteiger partial charge in [-0.25, -0.2) is 4.98 Å². The number of nitrogens with zero attached hydrogens (tertiary/aromatic N) is 4. The van der Waals surface area contributed by atoms with Crippen LogP contribution >= 0.6 is 0 Å². The number of benzene rings is 1. The first kappa shape index (κ1) is 18.2. The maximum absolute atomic E-state index is 12.7. The Balaban J connectivity index is 1.39. The molecular weight excluding hydrogens is 358 g/mol. The van der Waals surface area contributed by atoms with Crippen molar-refractivity contribution < 1.29 is 9.53 Å². The molecule has 1 aromatic carbocycles. The van der Waals surface area contributed by atoms with Crippen LogP contribution in [0.2, 0.25) is 0 Å². The number of hydrogen-bond donors (Lipinski definition) is 1. The predicted molar refractivity (Wildman–Crippen MR) is 106 cm³/mol. The van der Waals surface area contributed by atoms with Crippen LogP contribution in [0.15, 0.2) is 41.3 Å². The minimum Gasteiger partial charge on any atom is -0.497 e. The van der Waals surface area contributed by atoms with Crippen LogP contribution in [0, 0.1) is 0 Å². The first-order valence-corrected chi connectivity index (χ1v) is 9.25. The number of fused-ring (bicyclic) bond motifs is 1. The molecule has 1 aliphatic heterocycles. The molecular formula is C20H23N5O3. The maximum Gasteiger partial charge on any atom is 0.263 e. The van der Waals surface area contributed by atoms with E-state index in [1.807, 2.05) is 18.2 Å². The van der Waals surface area contributed by atoms with E-state index in [0.29, 0.717) is 19.6 Å². The predicted octanol–water partition coefficient (Wildman–Crippen LogP) is 1.23. The molecule has 3 aromatic rings. The van der Waals surface area contributed by atoms with Crippen molar-refractivity contribution in [3.63, 3.8) is 0 Å². The van der Waals surface area contributed by atoms with Gasteiger partial charge in [-0.15, -0.1) is 0 Å². The van der Waals surface area contributed by atoms with Gasteiger partial charge in [-0.3, -0.25) is 14.5 Å². The van der Waals surface area contributed by atoms with Crippen LogP contribution < -0.4 is 10.3 Å². The summed E-state index contributed by atoms with van der Waals surface area (Å²) in [5.74, 6) is 1.48. The van der Waals surface area contributed by atoms with E-state index in [0.717, 1.165) is 35.7 Å². The van der Waals surface area contributed by atoms with Gasteiger partial charge in [0, 0.05) is 45.5 Å². The van der Waals surface area contributed by atoms with Crippen LogP contribution in [0.1, 0.15) is 16.2 Å². The molecule has 8 nitrogen and oxygen atoms in total. The van der Waals surface area contributed by atoms with Crippen LogP contribution in [0.3, 0.4) is 0 Å². The molecule has 0 radical (unpaired) electrons. The summed E-state index contributed by atoms with van der Waals surface area (Å²) in [6.45, 7) is 3.33. The molecule has 3 heterocycles. The Hall–Kier alpha value is -3.13. The van der Waals surface area contributed by atoms with Crippen LogP contribution in [-0.4, -0.2) is 63.5 Å². The highest BCUT2D eigenvalue weighted by atomic mass is 16.5. The fourth-order valence-electron chi connectivity index (χ4n) is 3.49. The van der Waals surface area contributed by atoms with Crippen molar-refractivity contribution in [1.29, 1.82) is 0 Å². The molecule has 1 fully saturated rings. The van der Waals surface area contributed by atoms with E-state index in [4.69, 9.17) is 4.74 Å². The number of amides is 1. The number of aryl methyl sites for hydroxylation is 1. The van der Waals surface area contributed by atoms with Gasteiger partial charge in [0.05, 0.1) is 24.7 Å². The Morgan fingerprint density at radius 1 is 1.21 bits per heavy atom. The van der Waals surface area contributed by atoms with Crippen molar-refractivity contribution in [3.8, 4) is 5.75 Å². The van der Waals surface area contributed by atoms with Crippen molar-refractivity contribution in [2.45, 2.75) is 6.54 Å². The molecule has 1 N–H and O–H groups in total. The second kappa shape index (κ2) is 7.47. The first-order valence-electron chi connectivity index (χ1n) is 9.25. The normalized spacial score (nSPS) is 15.1. The maximum atomic E-state index is 12.7. The molecule has 0 atom stereocenters. The van der Waals surface area contributed by atoms with E-state index >= 15 is 0 Å². The zero-order valence-corrected chi connectivity index (χ0v) is 16.0. The number of methoxy groups -OCH3 is 1. The molecule has 8 heteroatoms. The van der Waals surface area contributed by atoms with E-state index in [9.17, 15) is 9.59 Å². The van der Waals surface area contributed by atoms with Gasteiger partial charge in [0.1, 0.15) is 17.1 Å². The molecule has 28 heavy (non-hydrogen) atoms. The number of aromatic nitrogens is 3. The number of hydrogen-bond acceptors (Lipinski definition) is 5. The minimum absolute atomic E-state index is 0.198. The van der Waals surface area contributed by atoms with Crippen molar-refractivity contribution in [2.24, 2.45) is 7.05 Å². The van der Waals surface area contributed by atoms with Gasteiger partial charge in [-0.1, -0.05) is 0 Å². The van der Waals surface area contributed by atoms with Crippen LogP contribution in [0.25, 0.3) is 11.0 Å². The number of rotatable bonds is 4. The van der Waals surface area contributed by atoms with Crippen LogP contribution in [0.4, 0.5) is 0 Å². The fraction of sp³-hybridized carbons (Fsp3) is 0.350. The SMILES string of the molecule is COc1ccc2nc(CN3CCN(C(=O)c4cccn(C)c4=O)CC3)[nH]c2c1. The van der Waals surface area contributed by atoms with Crippen molar-refractivity contribution >= 4 is 16.9 Å². The topological polar surface area (TPSA) is 83.5 Å². The third kappa shape index (κ3) is 3.50. The van der Waals surface area contributed by atoms with Gasteiger partial charge >= 0.3 is 0 Å². The smallest absolute Gasteiger partial charge is 0.263 e. The molecule has 0 aliphatic carbocycles. The third-order valence-electron chi connectivity index (χ3n) is 5.12. The molecule has 0 spiro atoms. The number of nitrogens with one attached hydrogen (secondary N) is 1. The zero-order valence-electron chi connectivity index (χ0n) is 16.0. The minimum atomic E-state index is -0.257. The van der Waals surface area contributed by atoms with Crippen molar-refractivity contribution in [3.05, 3.63) is 58.3 Å². The fourth-order valence-corrected chi connectivity index (χ4v) is 3.49. The number of ether oxygens (including phenoxy) is 1. The highest BCUT2D eigenvalue weighted by Gasteiger charge is 2.24. The Labute approximate surface area is 162 Å². The molecule has 146 valence electrons. The lowest BCUT2D eigenvalue weighted by Gasteiger charge is -2.34. The van der Waals surface area contributed by atoms with Gasteiger partial charge in [0.25, 0.3) is 11.5 Å². The van der Waals surface area contributed by atoms with Gasteiger partial charge in [-0.05, 0) is 24.3 Å². The zero-order chi connectivity index (χ0) is 19.7. The molecule has 1 saturated heterocycles. The van der Waals surface area contributed by atoms with Crippen LogP contribution in [-0.2, 0) is 13.6 Å². The summed E-state index contributed by atoms with van der Waals surface area (Å²) in [4.78, 5) is 36.8. The molecule has 0 bridgehead atoms. The molecule has 0 unspecified atom stereocenters. The Morgan fingerprint density at radius 3 is 2.75 bits per heavy atom. The average Bonchev–Trinajstić information content (AvgIpc) is 3.11. The van der Waals surface area contributed by atoms with E-state index in [1.54, 1.807) is 37.4 Å². The number of carbonyl (C=O) groups excluding carboxylic acids is 1. The average molecular weight is 381 g/mol. The quantitative estimate of drug-likeness (QED) is 0.735. The van der Waals surface area contributed by atoms with E-state index in [1.165, 1.54) is 4.57 Å². The Kier molecular flexibility index (Phi) is 4.87. The monoisotopic (exact) mass is 381 g/mol. The number of carbonyl (C=O) groups is 1. The molecule has 1 aliphatic rings. The lowest BCUT2D eigenvalue weighted by Crippen LogP contribution is -2.49. The number of piperazine rings is 1. The van der Waals surface area contributed by atoms with Gasteiger partial charge < -0.3 is 19.2 Å². The summed E-state index contributed by atoms with van der Waals surface area (Å²) in [7, 11) is 3.30. The summed E-state index contributed by atoms with van der Waals surface area (Å²) in [6.07, 6.45) is 1.65. The second-order valence-electron chi connectivity index (χ2n) is 6.97. The highest BCUT2D eigenvalue weighted by Crippen LogP contribution is 2.19. The summed E-state index contributed by atoms with van der Waals surface area (Å²) >= 11 is 0. The Bertz CT molecular complexity index is 1060. The Morgan fingerprint density at radius 2 is 2.00 bits per heavy atom. The van der Waals surface area contributed by atoms with Crippen molar-refractivity contribution in [2.75, 3.05) is 33.3 Å². The summed E-state index contributed by atoms with van der Waals surface area (Å²) in [5.41, 5.74) is 1.82. The molecule has 2 aromatic heterocycles. The van der Waals surface area contributed by atoms with Gasteiger partial charge in [-0.2, -0.15) is 0 Å².